The predicted molar refractivity (Wildman–Crippen MR) is 82.3 cm³/mol. The minimum atomic E-state index is -0.755. The summed E-state index contributed by atoms with van der Waals surface area (Å²) in [7, 11) is 0. The summed E-state index contributed by atoms with van der Waals surface area (Å²) >= 11 is 0. The molecule has 0 N–H and O–H groups in total. The van der Waals surface area contributed by atoms with E-state index in [1.807, 2.05) is 30.0 Å². The number of amides is 1. The van der Waals surface area contributed by atoms with Crippen molar-refractivity contribution in [1.82, 2.24) is 9.88 Å². The number of carbonyl (C=O) groups excluding carboxylic acids is 1. The number of ether oxygens (including phenoxy) is 1. The normalized spacial score (nSPS) is 29.7. The first-order valence-corrected chi connectivity index (χ1v) is 7.57. The fourth-order valence-corrected chi connectivity index (χ4v) is 3.92. The summed E-state index contributed by atoms with van der Waals surface area (Å²) in [5.41, 5.74) is 2.09. The van der Waals surface area contributed by atoms with Crippen LogP contribution in [-0.4, -0.2) is 22.5 Å². The molecule has 1 saturated heterocycles. The maximum absolute atomic E-state index is 12.5. The molecule has 0 spiro atoms. The molecule has 0 radical (unpaired) electrons. The SMILES string of the molecule is C[C@@]1(c2cccnc2)OC(=O)N2CCc3ccccc3[C@]21C. The van der Waals surface area contributed by atoms with Crippen LogP contribution in [0.1, 0.15) is 30.5 Å². The highest BCUT2D eigenvalue weighted by molar-refractivity contribution is 5.75. The van der Waals surface area contributed by atoms with Crippen molar-refractivity contribution < 1.29 is 9.53 Å². The maximum atomic E-state index is 12.5. The van der Waals surface area contributed by atoms with Crippen LogP contribution in [0.4, 0.5) is 4.79 Å². The van der Waals surface area contributed by atoms with Crippen molar-refractivity contribution in [3.05, 3.63) is 65.5 Å². The average molecular weight is 294 g/mol. The van der Waals surface area contributed by atoms with Gasteiger partial charge >= 0.3 is 6.09 Å². The second-order valence-corrected chi connectivity index (χ2v) is 6.27. The number of aromatic nitrogens is 1. The van der Waals surface area contributed by atoms with E-state index in [0.717, 1.165) is 12.0 Å². The van der Waals surface area contributed by atoms with Gasteiger partial charge in [-0.25, -0.2) is 4.79 Å². The third-order valence-electron chi connectivity index (χ3n) is 5.34. The molecule has 0 bridgehead atoms. The third kappa shape index (κ3) is 1.47. The summed E-state index contributed by atoms with van der Waals surface area (Å²) < 4.78 is 5.89. The Kier molecular flexibility index (Phi) is 2.61. The molecule has 0 unspecified atom stereocenters. The second-order valence-electron chi connectivity index (χ2n) is 6.27. The second kappa shape index (κ2) is 4.32. The van der Waals surface area contributed by atoms with E-state index in [1.54, 1.807) is 12.4 Å². The monoisotopic (exact) mass is 294 g/mol. The lowest BCUT2D eigenvalue weighted by atomic mass is 9.70. The van der Waals surface area contributed by atoms with Gasteiger partial charge in [-0.05, 0) is 37.5 Å². The molecule has 1 aromatic carbocycles. The molecule has 4 heteroatoms. The molecule has 2 aliphatic heterocycles. The van der Waals surface area contributed by atoms with Crippen molar-refractivity contribution in [2.24, 2.45) is 0 Å². The Morgan fingerprint density at radius 2 is 2.00 bits per heavy atom. The highest BCUT2D eigenvalue weighted by Gasteiger charge is 2.63. The van der Waals surface area contributed by atoms with Crippen LogP contribution in [0, 0.1) is 0 Å². The number of benzene rings is 1. The number of hydrogen-bond acceptors (Lipinski definition) is 3. The van der Waals surface area contributed by atoms with Crippen molar-refractivity contribution in [3.8, 4) is 0 Å². The van der Waals surface area contributed by atoms with Crippen molar-refractivity contribution >= 4 is 6.09 Å². The quantitative estimate of drug-likeness (QED) is 0.811. The first kappa shape index (κ1) is 13.3. The van der Waals surface area contributed by atoms with Gasteiger partial charge in [0.2, 0.25) is 0 Å². The molecule has 22 heavy (non-hydrogen) atoms. The topological polar surface area (TPSA) is 42.4 Å². The Bertz CT molecular complexity index is 746. The molecule has 1 fully saturated rings. The predicted octanol–water partition coefficient (Wildman–Crippen LogP) is 3.22. The lowest BCUT2D eigenvalue weighted by molar-refractivity contribution is -0.00270. The number of fused-ring (bicyclic) bond motifs is 3. The summed E-state index contributed by atoms with van der Waals surface area (Å²) in [6.07, 6.45) is 4.14. The number of carbonyl (C=O) groups is 1. The molecule has 3 heterocycles. The summed E-state index contributed by atoms with van der Waals surface area (Å²) in [6, 6.07) is 12.2. The van der Waals surface area contributed by atoms with E-state index in [-0.39, 0.29) is 6.09 Å². The number of hydrogen-bond donors (Lipinski definition) is 0. The Balaban J connectivity index is 1.98. The van der Waals surface area contributed by atoms with Crippen LogP contribution in [0.25, 0.3) is 0 Å². The highest BCUT2D eigenvalue weighted by atomic mass is 16.6. The van der Waals surface area contributed by atoms with Gasteiger partial charge in [-0.15, -0.1) is 0 Å². The van der Waals surface area contributed by atoms with Gasteiger partial charge in [-0.3, -0.25) is 9.88 Å². The highest BCUT2D eigenvalue weighted by Crippen LogP contribution is 2.54. The number of pyridine rings is 1. The summed E-state index contributed by atoms with van der Waals surface area (Å²) in [5, 5.41) is 0. The minimum Gasteiger partial charge on any atom is -0.435 e. The lowest BCUT2D eigenvalue weighted by Crippen LogP contribution is -2.54. The smallest absolute Gasteiger partial charge is 0.411 e. The van der Waals surface area contributed by atoms with Gasteiger partial charge in [0, 0.05) is 24.5 Å². The van der Waals surface area contributed by atoms with Gasteiger partial charge in [-0.2, -0.15) is 0 Å². The number of cyclic esters (lactones) is 1. The molecule has 0 saturated carbocycles. The first-order chi connectivity index (χ1) is 10.6. The van der Waals surface area contributed by atoms with E-state index >= 15 is 0 Å². The Labute approximate surface area is 129 Å². The van der Waals surface area contributed by atoms with Crippen LogP contribution in [0.5, 0.6) is 0 Å². The molecule has 1 aromatic heterocycles. The fraction of sp³-hybridized carbons (Fsp3) is 0.333. The Morgan fingerprint density at radius 3 is 2.77 bits per heavy atom. The minimum absolute atomic E-state index is 0.247. The molecule has 2 aromatic rings. The van der Waals surface area contributed by atoms with Crippen molar-refractivity contribution in [2.75, 3.05) is 6.54 Å². The number of nitrogens with zero attached hydrogens (tertiary/aromatic N) is 2. The standard InChI is InChI=1S/C18H18N2O2/c1-17-15-8-4-3-6-13(15)9-11-20(17)16(21)22-18(17,2)14-7-5-10-19-12-14/h3-8,10,12H,9,11H2,1-2H3/t17-,18-/m0/s1. The van der Waals surface area contributed by atoms with E-state index in [2.05, 4.69) is 30.1 Å². The van der Waals surface area contributed by atoms with E-state index < -0.39 is 11.1 Å². The first-order valence-electron chi connectivity index (χ1n) is 7.57. The van der Waals surface area contributed by atoms with Crippen LogP contribution in [0.2, 0.25) is 0 Å². The van der Waals surface area contributed by atoms with Gasteiger partial charge in [0.05, 0.1) is 0 Å². The molecular formula is C18H18N2O2. The van der Waals surface area contributed by atoms with Crippen LogP contribution >= 0.6 is 0 Å². The summed E-state index contributed by atoms with van der Waals surface area (Å²) in [4.78, 5) is 18.6. The maximum Gasteiger partial charge on any atom is 0.411 e. The zero-order chi connectivity index (χ0) is 15.4. The summed E-state index contributed by atoms with van der Waals surface area (Å²) in [5.74, 6) is 0. The van der Waals surface area contributed by atoms with Gasteiger partial charge in [0.15, 0.2) is 5.60 Å². The number of rotatable bonds is 1. The van der Waals surface area contributed by atoms with Crippen molar-refractivity contribution in [3.63, 3.8) is 0 Å². The van der Waals surface area contributed by atoms with E-state index in [0.29, 0.717) is 6.54 Å². The molecule has 112 valence electrons. The van der Waals surface area contributed by atoms with E-state index in [9.17, 15) is 4.79 Å². The zero-order valence-corrected chi connectivity index (χ0v) is 12.7. The van der Waals surface area contributed by atoms with Crippen molar-refractivity contribution in [2.45, 2.75) is 31.4 Å². The van der Waals surface area contributed by atoms with Crippen molar-refractivity contribution in [1.29, 1.82) is 0 Å². The molecule has 2 atom stereocenters. The average Bonchev–Trinajstić information content (AvgIpc) is 2.76. The molecular weight excluding hydrogens is 276 g/mol. The van der Waals surface area contributed by atoms with E-state index in [4.69, 9.17) is 4.74 Å². The Hall–Kier alpha value is -2.36. The molecule has 4 nitrogen and oxygen atoms in total. The summed E-state index contributed by atoms with van der Waals surface area (Å²) in [6.45, 7) is 4.77. The van der Waals surface area contributed by atoms with Gasteiger partial charge < -0.3 is 4.74 Å². The van der Waals surface area contributed by atoms with Crippen LogP contribution in [0.3, 0.4) is 0 Å². The van der Waals surface area contributed by atoms with E-state index in [1.165, 1.54) is 11.1 Å². The van der Waals surface area contributed by atoms with Gasteiger partial charge in [0.25, 0.3) is 0 Å². The molecule has 2 aliphatic rings. The van der Waals surface area contributed by atoms with Gasteiger partial charge in [0.1, 0.15) is 5.54 Å². The Morgan fingerprint density at radius 1 is 1.18 bits per heavy atom. The fourth-order valence-electron chi connectivity index (χ4n) is 3.92. The third-order valence-corrected chi connectivity index (χ3v) is 5.34. The molecule has 0 aliphatic carbocycles. The van der Waals surface area contributed by atoms with Gasteiger partial charge in [-0.1, -0.05) is 30.3 Å². The van der Waals surface area contributed by atoms with Crippen LogP contribution < -0.4 is 0 Å². The molecule has 1 amide bonds. The zero-order valence-electron chi connectivity index (χ0n) is 12.7. The van der Waals surface area contributed by atoms with Crippen LogP contribution in [-0.2, 0) is 22.3 Å². The lowest BCUT2D eigenvalue weighted by Gasteiger charge is -2.46. The largest absolute Gasteiger partial charge is 0.435 e. The van der Waals surface area contributed by atoms with Crippen LogP contribution in [0.15, 0.2) is 48.8 Å². The molecule has 4 rings (SSSR count).